The third-order valence-corrected chi connectivity index (χ3v) is 2.11. The van der Waals surface area contributed by atoms with E-state index < -0.39 is 5.97 Å². The third-order valence-electron chi connectivity index (χ3n) is 1.61. The van der Waals surface area contributed by atoms with Crippen molar-refractivity contribution in [3.63, 3.8) is 0 Å². The molecule has 0 spiro atoms. The molecule has 68 valence electrons. The Hall–Kier alpha value is 0.0569. The first-order chi connectivity index (χ1) is 5.24. The second-order valence-corrected chi connectivity index (χ2v) is 2.86. The van der Waals surface area contributed by atoms with Gasteiger partial charge in [-0.15, -0.1) is 0 Å². The maximum atomic E-state index is 5.07. The van der Waals surface area contributed by atoms with E-state index in [-0.39, 0.29) is 0 Å². The molecular formula is C6H17NO3Si. The van der Waals surface area contributed by atoms with Gasteiger partial charge in [-0.05, 0) is 6.54 Å². The van der Waals surface area contributed by atoms with Crippen LogP contribution in [0.4, 0.5) is 0 Å². The number of hydrogen-bond donors (Lipinski definition) is 1. The van der Waals surface area contributed by atoms with E-state index >= 15 is 0 Å². The van der Waals surface area contributed by atoms with Crippen molar-refractivity contribution in [2.45, 2.75) is 12.4 Å². The van der Waals surface area contributed by atoms with Crippen molar-refractivity contribution in [1.82, 2.24) is 4.98 Å². The summed E-state index contributed by atoms with van der Waals surface area (Å²) in [4.78, 5) is 3.12. The number of methoxy groups -OCH3 is 3. The van der Waals surface area contributed by atoms with Crippen molar-refractivity contribution in [3.05, 3.63) is 0 Å². The number of hydrogen-bond acceptors (Lipinski definition) is 4. The van der Waals surface area contributed by atoms with Crippen molar-refractivity contribution in [3.8, 4) is 0 Å². The van der Waals surface area contributed by atoms with Gasteiger partial charge in [0.2, 0.25) is 0 Å². The lowest BCUT2D eigenvalue weighted by Crippen LogP contribution is -2.38. The summed E-state index contributed by atoms with van der Waals surface area (Å²) in [6.07, 6.45) is 0.694. The topological polar surface area (TPSA) is 39.7 Å². The normalized spacial score (nSPS) is 12.3. The Kier molecular flexibility index (Phi) is 5.70. The molecule has 4 nitrogen and oxygen atoms in total. The molecule has 0 saturated heterocycles. The van der Waals surface area contributed by atoms with E-state index in [0.717, 1.165) is 16.9 Å². The molecular weight excluding hydrogens is 162 g/mol. The van der Waals surface area contributed by atoms with Gasteiger partial charge in [-0.1, -0.05) is 0 Å². The van der Waals surface area contributed by atoms with Crippen LogP contribution in [0.1, 0.15) is 6.42 Å². The van der Waals surface area contributed by atoms with Crippen LogP contribution in [0.2, 0.25) is 0 Å². The minimum Gasteiger partial charge on any atom is -0.345 e. The Balaban J connectivity index is 3.84. The molecule has 0 unspecified atom stereocenters. The van der Waals surface area contributed by atoms with Gasteiger partial charge in [0.15, 0.2) is 0 Å². The molecule has 0 aliphatic heterocycles. The fourth-order valence-electron chi connectivity index (χ4n) is 0.834. The maximum Gasteiger partial charge on any atom is 0.283 e. The van der Waals surface area contributed by atoms with E-state index in [2.05, 4.69) is 4.98 Å². The minimum absolute atomic E-state index is 0.694. The summed E-state index contributed by atoms with van der Waals surface area (Å²) in [5, 5.41) is 0. The summed E-state index contributed by atoms with van der Waals surface area (Å²) in [5.41, 5.74) is 0. The van der Waals surface area contributed by atoms with Crippen molar-refractivity contribution in [2.75, 3.05) is 27.9 Å². The van der Waals surface area contributed by atoms with Gasteiger partial charge in [0.05, 0.1) is 10.4 Å². The molecule has 11 heavy (non-hydrogen) atoms. The van der Waals surface area contributed by atoms with E-state index in [0.29, 0.717) is 6.42 Å². The minimum atomic E-state index is -0.864. The second-order valence-electron chi connectivity index (χ2n) is 2.15. The summed E-state index contributed by atoms with van der Waals surface area (Å²) in [7, 11) is 5.68. The third kappa shape index (κ3) is 3.30. The average Bonchev–Trinajstić information content (AvgIpc) is 2.08. The van der Waals surface area contributed by atoms with Crippen LogP contribution in [0.3, 0.4) is 0 Å². The fraction of sp³-hybridized carbons (Fsp3) is 1.00. The largest absolute Gasteiger partial charge is 0.345 e. The van der Waals surface area contributed by atoms with Crippen molar-refractivity contribution in [2.24, 2.45) is 0 Å². The number of rotatable bonds is 6. The molecule has 0 radical (unpaired) electrons. The lowest BCUT2D eigenvalue weighted by Gasteiger charge is -2.28. The highest BCUT2D eigenvalue weighted by molar-refractivity contribution is 6.04. The molecule has 5 heteroatoms. The maximum absolute atomic E-state index is 5.07. The highest BCUT2D eigenvalue weighted by atomic mass is 28.2. The summed E-state index contributed by atoms with van der Waals surface area (Å²) >= 11 is 0. The smallest absolute Gasteiger partial charge is 0.283 e. The van der Waals surface area contributed by atoms with Gasteiger partial charge in [-0.25, -0.2) is 0 Å². The Morgan fingerprint density at radius 3 is 1.91 bits per heavy atom. The molecule has 0 saturated carbocycles. The van der Waals surface area contributed by atoms with Crippen LogP contribution >= 0.6 is 0 Å². The van der Waals surface area contributed by atoms with Gasteiger partial charge in [0.1, 0.15) is 0 Å². The molecule has 0 atom stereocenters. The molecule has 0 aromatic carbocycles. The lowest BCUT2D eigenvalue weighted by molar-refractivity contribution is -0.353. The fourth-order valence-corrected chi connectivity index (χ4v) is 1.08. The average molecular weight is 179 g/mol. The van der Waals surface area contributed by atoms with Crippen LogP contribution in [0, 0.1) is 0 Å². The highest BCUT2D eigenvalue weighted by Crippen LogP contribution is 2.15. The molecule has 0 bridgehead atoms. The predicted octanol–water partition coefficient (Wildman–Crippen LogP) is -1.16. The van der Waals surface area contributed by atoms with Gasteiger partial charge in [0, 0.05) is 27.8 Å². The zero-order valence-corrected chi connectivity index (χ0v) is 9.64. The molecule has 0 amide bonds. The molecule has 0 heterocycles. The van der Waals surface area contributed by atoms with Crippen LogP contribution in [0.5, 0.6) is 0 Å². The van der Waals surface area contributed by atoms with Crippen LogP contribution < -0.4 is 4.98 Å². The van der Waals surface area contributed by atoms with E-state index in [1.165, 1.54) is 0 Å². The Bertz CT molecular complexity index is 89.6. The summed E-state index contributed by atoms with van der Waals surface area (Å²) in [5.74, 6) is -0.864. The van der Waals surface area contributed by atoms with Gasteiger partial charge < -0.3 is 19.2 Å². The van der Waals surface area contributed by atoms with Crippen molar-refractivity contribution < 1.29 is 14.2 Å². The van der Waals surface area contributed by atoms with Crippen molar-refractivity contribution >= 4 is 10.4 Å². The van der Waals surface area contributed by atoms with Crippen molar-refractivity contribution in [1.29, 1.82) is 0 Å². The highest BCUT2D eigenvalue weighted by Gasteiger charge is 2.28. The van der Waals surface area contributed by atoms with Gasteiger partial charge >= 0.3 is 0 Å². The van der Waals surface area contributed by atoms with Gasteiger partial charge in [-0.2, -0.15) is 0 Å². The Morgan fingerprint density at radius 1 is 1.18 bits per heavy atom. The van der Waals surface area contributed by atoms with E-state index in [9.17, 15) is 0 Å². The summed E-state index contributed by atoms with van der Waals surface area (Å²) < 4.78 is 15.2. The molecule has 0 aliphatic carbocycles. The summed E-state index contributed by atoms with van der Waals surface area (Å²) in [6, 6.07) is 0. The predicted molar refractivity (Wildman–Crippen MR) is 46.3 cm³/mol. The standard InChI is InChI=1S/C6H17NO3Si/c1-8-6(9-2,10-3)4-5-7-11/h7H,4-5H2,1-3,11H3. The quantitative estimate of drug-likeness (QED) is 0.412. The first kappa shape index (κ1) is 11.1. The SMILES string of the molecule is COC(CCN[SiH3])(OC)OC. The number of ether oxygens (including phenoxy) is 3. The lowest BCUT2D eigenvalue weighted by atomic mass is 10.4. The van der Waals surface area contributed by atoms with Crippen LogP contribution in [-0.2, 0) is 14.2 Å². The first-order valence-electron chi connectivity index (χ1n) is 3.54. The molecule has 0 aliphatic rings. The molecule has 0 aromatic heterocycles. The zero-order chi connectivity index (χ0) is 8.74. The monoisotopic (exact) mass is 179 g/mol. The first-order valence-corrected chi connectivity index (χ1v) is 4.54. The Morgan fingerprint density at radius 2 is 1.64 bits per heavy atom. The Labute approximate surface area is 70.7 Å². The van der Waals surface area contributed by atoms with Crippen LogP contribution in [0.25, 0.3) is 0 Å². The molecule has 0 aromatic rings. The van der Waals surface area contributed by atoms with Gasteiger partial charge in [-0.3, -0.25) is 0 Å². The summed E-state index contributed by atoms with van der Waals surface area (Å²) in [6.45, 7) is 0.849. The molecule has 0 fully saturated rings. The zero-order valence-electron chi connectivity index (χ0n) is 7.64. The second kappa shape index (κ2) is 5.67. The van der Waals surface area contributed by atoms with Crippen LogP contribution in [-0.4, -0.2) is 44.3 Å². The van der Waals surface area contributed by atoms with E-state index in [1.54, 1.807) is 21.3 Å². The molecule has 1 N–H and O–H groups in total. The van der Waals surface area contributed by atoms with E-state index in [1.807, 2.05) is 0 Å². The number of nitrogens with one attached hydrogen (secondary N) is 1. The van der Waals surface area contributed by atoms with Gasteiger partial charge in [0.25, 0.3) is 5.97 Å². The van der Waals surface area contributed by atoms with E-state index in [4.69, 9.17) is 14.2 Å². The molecule has 0 rings (SSSR count). The van der Waals surface area contributed by atoms with Crippen LogP contribution in [0.15, 0.2) is 0 Å².